The molecule has 0 saturated carbocycles. The summed E-state index contributed by atoms with van der Waals surface area (Å²) in [5.41, 5.74) is 4.20. The second-order valence-electron chi connectivity index (χ2n) is 4.12. The Kier molecular flexibility index (Phi) is 7.38. The molecule has 0 atom stereocenters. The zero-order chi connectivity index (χ0) is 16.4. The van der Waals surface area contributed by atoms with Crippen LogP contribution < -0.4 is 15.6 Å². The Bertz CT molecular complexity index is 536. The second-order valence-corrected chi connectivity index (χ2v) is 4.12. The highest BCUT2D eigenvalue weighted by molar-refractivity contribution is 5.84. The summed E-state index contributed by atoms with van der Waals surface area (Å²) in [6.07, 6.45) is -0.200. The number of esters is 1. The lowest BCUT2D eigenvalue weighted by Gasteiger charge is -2.09. The van der Waals surface area contributed by atoms with E-state index in [0.717, 1.165) is 0 Å². The number of ether oxygens (including phenoxy) is 2. The average Bonchev–Trinajstić information content (AvgIpc) is 2.50. The first-order chi connectivity index (χ1) is 10.5. The molecule has 0 unspecified atom stereocenters. The van der Waals surface area contributed by atoms with E-state index in [4.69, 9.17) is 4.74 Å². The molecule has 22 heavy (non-hydrogen) atoms. The number of amides is 2. The number of carbonyl (C=O) groups is 3. The molecule has 0 aromatic heterocycles. The van der Waals surface area contributed by atoms with E-state index in [1.54, 1.807) is 13.0 Å². The molecule has 0 aliphatic heterocycles. The van der Waals surface area contributed by atoms with Gasteiger partial charge in [-0.25, -0.2) is 4.39 Å². The van der Waals surface area contributed by atoms with Crippen LogP contribution in [0.4, 0.5) is 4.39 Å². The van der Waals surface area contributed by atoms with Gasteiger partial charge in [-0.2, -0.15) is 0 Å². The van der Waals surface area contributed by atoms with Crippen molar-refractivity contribution in [3.8, 4) is 5.75 Å². The zero-order valence-electron chi connectivity index (χ0n) is 12.1. The smallest absolute Gasteiger partial charge is 0.306 e. The molecule has 1 rings (SSSR count). The molecule has 0 fully saturated rings. The predicted octanol–water partition coefficient (Wildman–Crippen LogP) is 0.695. The minimum Gasteiger partial charge on any atom is -0.481 e. The van der Waals surface area contributed by atoms with Crippen molar-refractivity contribution in [2.24, 2.45) is 0 Å². The number of rotatable bonds is 7. The Morgan fingerprint density at radius 1 is 1.09 bits per heavy atom. The quantitative estimate of drug-likeness (QED) is 0.571. The SMILES string of the molecule is CCOC(=O)CCC(=O)NNC(=O)COc1ccccc1F. The third-order valence-corrected chi connectivity index (χ3v) is 2.40. The highest BCUT2D eigenvalue weighted by Crippen LogP contribution is 2.14. The molecule has 120 valence electrons. The van der Waals surface area contributed by atoms with E-state index in [1.807, 2.05) is 0 Å². The second kappa shape index (κ2) is 9.32. The largest absolute Gasteiger partial charge is 0.481 e. The number of benzene rings is 1. The van der Waals surface area contributed by atoms with Crippen LogP contribution in [0, 0.1) is 5.82 Å². The maximum absolute atomic E-state index is 13.2. The monoisotopic (exact) mass is 312 g/mol. The molecule has 0 spiro atoms. The number of hydrazine groups is 1. The fourth-order valence-electron chi connectivity index (χ4n) is 1.39. The van der Waals surface area contributed by atoms with Gasteiger partial charge in [-0.3, -0.25) is 25.2 Å². The third-order valence-electron chi connectivity index (χ3n) is 2.40. The van der Waals surface area contributed by atoms with Crippen molar-refractivity contribution in [2.75, 3.05) is 13.2 Å². The molecule has 8 heteroatoms. The normalized spacial score (nSPS) is 9.73. The van der Waals surface area contributed by atoms with E-state index >= 15 is 0 Å². The van der Waals surface area contributed by atoms with Crippen molar-refractivity contribution in [1.29, 1.82) is 0 Å². The summed E-state index contributed by atoms with van der Waals surface area (Å²) in [5.74, 6) is -2.35. The lowest BCUT2D eigenvalue weighted by molar-refractivity contribution is -0.144. The fraction of sp³-hybridized carbons (Fsp3) is 0.357. The fourth-order valence-corrected chi connectivity index (χ4v) is 1.39. The van der Waals surface area contributed by atoms with Gasteiger partial charge in [0.25, 0.3) is 5.91 Å². The predicted molar refractivity (Wildman–Crippen MR) is 74.0 cm³/mol. The van der Waals surface area contributed by atoms with Crippen molar-refractivity contribution >= 4 is 17.8 Å². The molecule has 0 aliphatic carbocycles. The maximum atomic E-state index is 13.2. The van der Waals surface area contributed by atoms with Crippen LogP contribution in [0.2, 0.25) is 0 Å². The number of halogens is 1. The van der Waals surface area contributed by atoms with Crippen LogP contribution in [-0.4, -0.2) is 31.0 Å². The Labute approximate surface area is 126 Å². The highest BCUT2D eigenvalue weighted by Gasteiger charge is 2.10. The number of carbonyl (C=O) groups excluding carboxylic acids is 3. The van der Waals surface area contributed by atoms with E-state index in [-0.39, 0.29) is 25.2 Å². The molecule has 7 nitrogen and oxygen atoms in total. The van der Waals surface area contributed by atoms with E-state index in [1.165, 1.54) is 18.2 Å². The number of hydrogen-bond acceptors (Lipinski definition) is 5. The van der Waals surface area contributed by atoms with Gasteiger partial charge in [0.05, 0.1) is 13.0 Å². The van der Waals surface area contributed by atoms with E-state index in [9.17, 15) is 18.8 Å². The van der Waals surface area contributed by atoms with Gasteiger partial charge in [0.15, 0.2) is 18.2 Å². The Balaban J connectivity index is 2.21. The molecule has 0 radical (unpaired) electrons. The number of para-hydroxylation sites is 1. The van der Waals surface area contributed by atoms with Gasteiger partial charge in [0.1, 0.15) is 0 Å². The molecule has 0 saturated heterocycles. The molecule has 2 N–H and O–H groups in total. The topological polar surface area (TPSA) is 93.7 Å². The third kappa shape index (κ3) is 6.69. The van der Waals surface area contributed by atoms with Crippen molar-refractivity contribution < 1.29 is 28.2 Å². The van der Waals surface area contributed by atoms with Crippen molar-refractivity contribution in [3.05, 3.63) is 30.1 Å². The summed E-state index contributed by atoms with van der Waals surface area (Å²) < 4.78 is 22.8. The summed E-state index contributed by atoms with van der Waals surface area (Å²) in [6.45, 7) is 1.44. The van der Waals surface area contributed by atoms with Crippen LogP contribution in [0.25, 0.3) is 0 Å². The van der Waals surface area contributed by atoms with Gasteiger partial charge >= 0.3 is 5.97 Å². The van der Waals surface area contributed by atoms with Crippen molar-refractivity contribution in [3.63, 3.8) is 0 Å². The molecule has 0 heterocycles. The van der Waals surface area contributed by atoms with Gasteiger partial charge in [0, 0.05) is 6.42 Å². The van der Waals surface area contributed by atoms with Crippen LogP contribution >= 0.6 is 0 Å². The van der Waals surface area contributed by atoms with Gasteiger partial charge in [-0.1, -0.05) is 12.1 Å². The van der Waals surface area contributed by atoms with Crippen molar-refractivity contribution in [2.45, 2.75) is 19.8 Å². The molecule has 1 aromatic carbocycles. The van der Waals surface area contributed by atoms with Crippen LogP contribution in [0.3, 0.4) is 0 Å². The standard InChI is InChI=1S/C14H17FN2O5/c1-2-21-14(20)8-7-12(18)16-17-13(19)9-22-11-6-4-3-5-10(11)15/h3-6H,2,7-9H2,1H3,(H,16,18)(H,17,19). The summed E-state index contributed by atoms with van der Waals surface area (Å²) >= 11 is 0. The maximum Gasteiger partial charge on any atom is 0.306 e. The Morgan fingerprint density at radius 3 is 2.45 bits per heavy atom. The van der Waals surface area contributed by atoms with Crippen LogP contribution in [0.5, 0.6) is 5.75 Å². The molecular weight excluding hydrogens is 295 g/mol. The first-order valence-electron chi connectivity index (χ1n) is 6.63. The van der Waals surface area contributed by atoms with Gasteiger partial charge in [-0.05, 0) is 19.1 Å². The van der Waals surface area contributed by atoms with E-state index in [0.29, 0.717) is 0 Å². The molecule has 1 aromatic rings. The first kappa shape index (κ1) is 17.4. The Morgan fingerprint density at radius 2 is 1.77 bits per heavy atom. The average molecular weight is 312 g/mol. The van der Waals surface area contributed by atoms with E-state index < -0.39 is 30.2 Å². The molecular formula is C14H17FN2O5. The summed E-state index contributed by atoms with van der Waals surface area (Å²) in [7, 11) is 0. The van der Waals surface area contributed by atoms with Gasteiger partial charge < -0.3 is 9.47 Å². The van der Waals surface area contributed by atoms with Crippen LogP contribution in [-0.2, 0) is 19.1 Å². The summed E-state index contributed by atoms with van der Waals surface area (Å²) in [4.78, 5) is 33.8. The van der Waals surface area contributed by atoms with Crippen LogP contribution in [0.1, 0.15) is 19.8 Å². The summed E-state index contributed by atoms with van der Waals surface area (Å²) in [6, 6.07) is 5.63. The minimum atomic E-state index is -0.660. The summed E-state index contributed by atoms with van der Waals surface area (Å²) in [5, 5.41) is 0. The minimum absolute atomic E-state index is 0.0636. The van der Waals surface area contributed by atoms with Gasteiger partial charge in [-0.15, -0.1) is 0 Å². The number of nitrogens with one attached hydrogen (secondary N) is 2. The molecule has 0 aliphatic rings. The van der Waals surface area contributed by atoms with Crippen LogP contribution in [0.15, 0.2) is 24.3 Å². The van der Waals surface area contributed by atoms with Crippen molar-refractivity contribution in [1.82, 2.24) is 10.9 Å². The van der Waals surface area contributed by atoms with E-state index in [2.05, 4.69) is 15.6 Å². The Hall–Kier alpha value is -2.64. The lowest BCUT2D eigenvalue weighted by atomic mass is 10.3. The van der Waals surface area contributed by atoms with Gasteiger partial charge in [0.2, 0.25) is 5.91 Å². The first-order valence-corrected chi connectivity index (χ1v) is 6.63. The lowest BCUT2D eigenvalue weighted by Crippen LogP contribution is -2.43. The molecule has 0 bridgehead atoms. The molecule has 2 amide bonds. The highest BCUT2D eigenvalue weighted by atomic mass is 19.1. The zero-order valence-corrected chi connectivity index (χ0v) is 12.1. The number of hydrogen-bond donors (Lipinski definition) is 2.